The summed E-state index contributed by atoms with van der Waals surface area (Å²) in [6.45, 7) is 9.42. The minimum atomic E-state index is -0.755. The molecule has 0 saturated heterocycles. The molecular weight excluding hydrogens is 396 g/mol. The van der Waals surface area contributed by atoms with E-state index >= 15 is 0 Å². The molecule has 0 spiro atoms. The van der Waals surface area contributed by atoms with E-state index in [0.717, 1.165) is 22.6 Å². The van der Waals surface area contributed by atoms with Crippen molar-refractivity contribution >= 4 is 39.9 Å². The van der Waals surface area contributed by atoms with Crippen LogP contribution in [0.15, 0.2) is 24.3 Å². The maximum absolute atomic E-state index is 12.8. The van der Waals surface area contributed by atoms with E-state index in [1.807, 2.05) is 45.0 Å². The van der Waals surface area contributed by atoms with Crippen LogP contribution in [0, 0.1) is 18.3 Å². The number of hydrogen-bond acceptors (Lipinski definition) is 5. The first-order valence-corrected chi connectivity index (χ1v) is 10.6. The second-order valence-corrected chi connectivity index (χ2v) is 8.87. The summed E-state index contributed by atoms with van der Waals surface area (Å²) in [6, 6.07) is 7.27. The van der Waals surface area contributed by atoms with Crippen LogP contribution < -0.4 is 10.6 Å². The number of aryl methyl sites for hydroxylation is 1. The zero-order chi connectivity index (χ0) is 20.9. The molecule has 1 aromatic carbocycles. The van der Waals surface area contributed by atoms with Gasteiger partial charge in [-0.2, -0.15) is 0 Å². The summed E-state index contributed by atoms with van der Waals surface area (Å²) in [6.07, 6.45) is 0.740. The molecule has 0 fully saturated rings. The van der Waals surface area contributed by atoms with E-state index in [2.05, 4.69) is 20.8 Å². The van der Waals surface area contributed by atoms with Crippen LogP contribution in [0.2, 0.25) is 0 Å². The number of aromatic nitrogens is 2. The van der Waals surface area contributed by atoms with E-state index in [-0.39, 0.29) is 23.6 Å². The molecule has 152 valence electrons. The van der Waals surface area contributed by atoms with Gasteiger partial charge in [-0.1, -0.05) is 61.4 Å². The molecule has 0 aliphatic carbocycles. The summed E-state index contributed by atoms with van der Waals surface area (Å²) in [4.78, 5) is 25.3. The molecule has 0 saturated carbocycles. The minimum Gasteiger partial charge on any atom is -0.344 e. The first kappa shape index (κ1) is 22.3. The van der Waals surface area contributed by atoms with Gasteiger partial charge in [-0.3, -0.25) is 14.9 Å². The average molecular weight is 423 g/mol. The Morgan fingerprint density at radius 3 is 2.43 bits per heavy atom. The zero-order valence-corrected chi connectivity index (χ0v) is 18.4. The summed E-state index contributed by atoms with van der Waals surface area (Å²) in [5.41, 5.74) is 1.35. The fourth-order valence-corrected chi connectivity index (χ4v) is 3.24. The number of carbonyl (C=O) groups is 2. The van der Waals surface area contributed by atoms with E-state index in [0.29, 0.717) is 5.13 Å². The quantitative estimate of drug-likeness (QED) is 0.623. The number of hydrogen-bond donors (Lipinski definition) is 2. The summed E-state index contributed by atoms with van der Waals surface area (Å²) in [7, 11) is 0. The molecule has 2 N–H and O–H groups in total. The maximum atomic E-state index is 12.8. The molecule has 0 aliphatic heterocycles. The molecule has 0 unspecified atom stereocenters. The average Bonchev–Trinajstić information content (AvgIpc) is 3.13. The van der Waals surface area contributed by atoms with E-state index in [1.54, 1.807) is 13.8 Å². The summed E-state index contributed by atoms with van der Waals surface area (Å²) >= 11 is 7.18. The highest BCUT2D eigenvalue weighted by Gasteiger charge is 2.33. The van der Waals surface area contributed by atoms with Gasteiger partial charge >= 0.3 is 0 Å². The van der Waals surface area contributed by atoms with Crippen LogP contribution in [0.5, 0.6) is 0 Å². The number of benzene rings is 1. The molecule has 0 radical (unpaired) electrons. The number of halogens is 1. The van der Waals surface area contributed by atoms with Crippen molar-refractivity contribution in [1.29, 1.82) is 0 Å². The first-order chi connectivity index (χ1) is 13.2. The third-order valence-corrected chi connectivity index (χ3v) is 6.24. The van der Waals surface area contributed by atoms with Crippen LogP contribution in [-0.2, 0) is 9.59 Å². The Kier molecular flexibility index (Phi) is 7.55. The zero-order valence-electron chi connectivity index (χ0n) is 16.9. The van der Waals surface area contributed by atoms with Crippen LogP contribution in [-0.4, -0.2) is 33.9 Å². The Balaban J connectivity index is 2.13. The summed E-state index contributed by atoms with van der Waals surface area (Å²) in [5.74, 6) is -0.427. The molecule has 28 heavy (non-hydrogen) atoms. The number of carbonyl (C=O) groups excluding carboxylic acids is 2. The van der Waals surface area contributed by atoms with E-state index < -0.39 is 11.5 Å². The second-order valence-electron chi connectivity index (χ2n) is 7.62. The van der Waals surface area contributed by atoms with Gasteiger partial charge in [0, 0.05) is 11.4 Å². The summed E-state index contributed by atoms with van der Waals surface area (Å²) in [5, 5.41) is 15.0. The van der Waals surface area contributed by atoms with Gasteiger partial charge in [0.15, 0.2) is 0 Å². The molecular formula is C20H27ClN4O2S. The lowest BCUT2D eigenvalue weighted by Gasteiger charge is -2.28. The number of amides is 2. The number of rotatable bonds is 8. The molecule has 6 nitrogen and oxygen atoms in total. The Morgan fingerprint density at radius 1 is 1.21 bits per heavy atom. The SMILES string of the molecule is CC[C@@H](C)[C@H](NC(=O)C(C)(C)CCl)C(=O)Nc1nnc(-c2ccc(C)cc2)s1. The molecule has 8 heteroatoms. The molecule has 2 rings (SSSR count). The van der Waals surface area contributed by atoms with Crippen LogP contribution >= 0.6 is 22.9 Å². The van der Waals surface area contributed by atoms with E-state index in [1.165, 1.54) is 11.3 Å². The monoisotopic (exact) mass is 422 g/mol. The number of nitrogens with zero attached hydrogens (tertiary/aromatic N) is 2. The van der Waals surface area contributed by atoms with Gasteiger partial charge in [0.2, 0.25) is 16.9 Å². The van der Waals surface area contributed by atoms with Crippen molar-refractivity contribution in [2.24, 2.45) is 11.3 Å². The van der Waals surface area contributed by atoms with Crippen LogP contribution in [0.3, 0.4) is 0 Å². The smallest absolute Gasteiger partial charge is 0.249 e. The predicted molar refractivity (Wildman–Crippen MR) is 115 cm³/mol. The van der Waals surface area contributed by atoms with E-state index in [9.17, 15) is 9.59 Å². The molecule has 0 bridgehead atoms. The lowest BCUT2D eigenvalue weighted by molar-refractivity contribution is -0.132. The van der Waals surface area contributed by atoms with Gasteiger partial charge in [-0.05, 0) is 26.7 Å². The Morgan fingerprint density at radius 2 is 1.86 bits per heavy atom. The number of nitrogens with one attached hydrogen (secondary N) is 2. The number of alkyl halides is 1. The third kappa shape index (κ3) is 5.52. The van der Waals surface area contributed by atoms with Gasteiger partial charge in [0.25, 0.3) is 0 Å². The van der Waals surface area contributed by atoms with Crippen molar-refractivity contribution in [3.63, 3.8) is 0 Å². The Hall–Kier alpha value is -1.99. The van der Waals surface area contributed by atoms with Crippen molar-refractivity contribution in [3.8, 4) is 10.6 Å². The third-order valence-electron chi connectivity index (χ3n) is 4.68. The topological polar surface area (TPSA) is 84.0 Å². The molecule has 0 aliphatic rings. The van der Waals surface area contributed by atoms with Gasteiger partial charge < -0.3 is 5.32 Å². The van der Waals surface area contributed by atoms with Crippen molar-refractivity contribution in [1.82, 2.24) is 15.5 Å². The molecule has 2 aromatic rings. The van der Waals surface area contributed by atoms with Gasteiger partial charge in [0.1, 0.15) is 11.0 Å². The van der Waals surface area contributed by atoms with Crippen LogP contribution in [0.1, 0.15) is 39.7 Å². The standard InChI is InChI=1S/C20H27ClN4O2S/c1-6-13(3)15(22-18(27)20(4,5)11-21)16(26)23-19-25-24-17(28-19)14-9-7-12(2)8-10-14/h7-10,13,15H,6,11H2,1-5H3,(H,22,27)(H,23,25,26)/t13-,15+/m1/s1. The predicted octanol–water partition coefficient (Wildman–Crippen LogP) is 4.25. The van der Waals surface area contributed by atoms with Crippen molar-refractivity contribution in [3.05, 3.63) is 29.8 Å². The molecule has 1 aromatic heterocycles. The molecule has 2 atom stereocenters. The Labute approximate surface area is 175 Å². The van der Waals surface area contributed by atoms with Gasteiger partial charge in [-0.25, -0.2) is 0 Å². The van der Waals surface area contributed by atoms with Gasteiger partial charge in [0.05, 0.1) is 5.41 Å². The highest BCUT2D eigenvalue weighted by atomic mass is 35.5. The van der Waals surface area contributed by atoms with Crippen molar-refractivity contribution in [2.75, 3.05) is 11.2 Å². The van der Waals surface area contributed by atoms with E-state index in [4.69, 9.17) is 11.6 Å². The molecule has 1 heterocycles. The lowest BCUT2D eigenvalue weighted by atomic mass is 9.92. The van der Waals surface area contributed by atoms with Crippen molar-refractivity contribution in [2.45, 2.75) is 47.1 Å². The Bertz CT molecular complexity index is 820. The van der Waals surface area contributed by atoms with Crippen LogP contribution in [0.25, 0.3) is 10.6 Å². The summed E-state index contributed by atoms with van der Waals surface area (Å²) < 4.78 is 0. The lowest BCUT2D eigenvalue weighted by Crippen LogP contribution is -2.51. The fourth-order valence-electron chi connectivity index (χ4n) is 2.37. The number of anilines is 1. The second kappa shape index (κ2) is 9.47. The van der Waals surface area contributed by atoms with Gasteiger partial charge in [-0.15, -0.1) is 21.8 Å². The molecule has 2 amide bonds. The minimum absolute atomic E-state index is 0.0421. The van der Waals surface area contributed by atoms with Crippen LogP contribution in [0.4, 0.5) is 5.13 Å². The maximum Gasteiger partial charge on any atom is 0.249 e. The highest BCUT2D eigenvalue weighted by molar-refractivity contribution is 7.18. The first-order valence-electron chi connectivity index (χ1n) is 9.26. The fraction of sp³-hybridized carbons (Fsp3) is 0.500. The highest BCUT2D eigenvalue weighted by Crippen LogP contribution is 2.27. The normalized spacial score (nSPS) is 13.6. The largest absolute Gasteiger partial charge is 0.344 e. The van der Waals surface area contributed by atoms with Crippen molar-refractivity contribution < 1.29 is 9.59 Å².